The standard InChI is InChI=1S/C16H18ClN5O.ClH/c17-12-3-1-2-4-13(12)22-15(10-5-6-10)19-14(20-22)16(23)21-8-7-11(18)9-21;/h1-4,10-11H,5-9,18H2;1H/t11-;/m1./s1. The van der Waals surface area contributed by atoms with Crippen LogP contribution < -0.4 is 5.73 Å². The highest BCUT2D eigenvalue weighted by Gasteiger charge is 2.34. The predicted molar refractivity (Wildman–Crippen MR) is 94.1 cm³/mol. The molecule has 1 aromatic heterocycles. The van der Waals surface area contributed by atoms with Crippen LogP contribution in [0.25, 0.3) is 5.69 Å². The molecule has 1 aliphatic carbocycles. The van der Waals surface area contributed by atoms with Gasteiger partial charge in [0.1, 0.15) is 5.82 Å². The van der Waals surface area contributed by atoms with Crippen molar-refractivity contribution in [3.8, 4) is 5.69 Å². The Labute approximate surface area is 151 Å². The zero-order valence-corrected chi connectivity index (χ0v) is 14.6. The van der Waals surface area contributed by atoms with Gasteiger partial charge in [0, 0.05) is 25.0 Å². The average Bonchev–Trinajstić information content (AvgIpc) is 3.15. The van der Waals surface area contributed by atoms with Crippen LogP contribution in [0.4, 0.5) is 0 Å². The van der Waals surface area contributed by atoms with E-state index in [4.69, 9.17) is 17.3 Å². The highest BCUT2D eigenvalue weighted by molar-refractivity contribution is 6.32. The first-order chi connectivity index (χ1) is 11.1. The Morgan fingerprint density at radius 3 is 2.62 bits per heavy atom. The van der Waals surface area contributed by atoms with E-state index >= 15 is 0 Å². The lowest BCUT2D eigenvalue weighted by Gasteiger charge is -2.12. The van der Waals surface area contributed by atoms with Crippen molar-refractivity contribution in [1.82, 2.24) is 19.7 Å². The summed E-state index contributed by atoms with van der Waals surface area (Å²) in [7, 11) is 0. The third-order valence-electron chi connectivity index (χ3n) is 4.36. The van der Waals surface area contributed by atoms with Crippen LogP contribution in [0.3, 0.4) is 0 Å². The Hall–Kier alpha value is -1.63. The van der Waals surface area contributed by atoms with E-state index in [9.17, 15) is 4.79 Å². The Morgan fingerprint density at radius 1 is 1.25 bits per heavy atom. The summed E-state index contributed by atoms with van der Waals surface area (Å²) in [5, 5.41) is 5.06. The van der Waals surface area contributed by atoms with Gasteiger partial charge in [-0.25, -0.2) is 9.67 Å². The number of aromatic nitrogens is 3. The molecule has 1 atom stereocenters. The van der Waals surface area contributed by atoms with E-state index in [0.29, 0.717) is 24.0 Å². The minimum atomic E-state index is -0.148. The van der Waals surface area contributed by atoms with E-state index < -0.39 is 0 Å². The molecule has 0 spiro atoms. The van der Waals surface area contributed by atoms with Crippen LogP contribution in [0.1, 0.15) is 41.6 Å². The van der Waals surface area contributed by atoms with E-state index in [0.717, 1.165) is 30.8 Å². The SMILES string of the molecule is Cl.N[C@@H]1CCN(C(=O)c2nc(C3CC3)n(-c3ccccc3Cl)n2)C1. The number of rotatable bonds is 3. The number of hydrogen-bond acceptors (Lipinski definition) is 4. The second-order valence-corrected chi connectivity index (χ2v) is 6.64. The zero-order chi connectivity index (χ0) is 16.0. The van der Waals surface area contributed by atoms with Crippen molar-refractivity contribution in [3.63, 3.8) is 0 Å². The third kappa shape index (κ3) is 3.14. The zero-order valence-electron chi connectivity index (χ0n) is 13.1. The van der Waals surface area contributed by atoms with Gasteiger partial charge in [-0.15, -0.1) is 17.5 Å². The van der Waals surface area contributed by atoms with Gasteiger partial charge in [-0.1, -0.05) is 23.7 Å². The second kappa shape index (κ2) is 6.70. The van der Waals surface area contributed by atoms with Crippen molar-refractivity contribution in [2.24, 2.45) is 5.73 Å². The van der Waals surface area contributed by atoms with Crippen molar-refractivity contribution in [1.29, 1.82) is 0 Å². The molecule has 2 N–H and O–H groups in total. The number of nitrogens with zero attached hydrogens (tertiary/aromatic N) is 4. The number of amides is 1. The van der Waals surface area contributed by atoms with Crippen LogP contribution in [0, 0.1) is 0 Å². The van der Waals surface area contributed by atoms with Gasteiger partial charge < -0.3 is 10.6 Å². The minimum Gasteiger partial charge on any atom is -0.334 e. The summed E-state index contributed by atoms with van der Waals surface area (Å²) in [6, 6.07) is 7.53. The van der Waals surface area contributed by atoms with Crippen molar-refractivity contribution in [2.75, 3.05) is 13.1 Å². The Morgan fingerprint density at radius 2 is 2.00 bits per heavy atom. The van der Waals surface area contributed by atoms with Crippen LogP contribution in [0.5, 0.6) is 0 Å². The number of halogens is 2. The summed E-state index contributed by atoms with van der Waals surface area (Å²) >= 11 is 6.29. The monoisotopic (exact) mass is 367 g/mol. The van der Waals surface area contributed by atoms with Gasteiger partial charge in [0.05, 0.1) is 10.7 Å². The minimum absolute atomic E-state index is 0. The lowest BCUT2D eigenvalue weighted by molar-refractivity contribution is 0.0779. The largest absolute Gasteiger partial charge is 0.334 e. The molecule has 2 aromatic rings. The Bertz CT molecular complexity index is 759. The fourth-order valence-electron chi connectivity index (χ4n) is 2.93. The molecule has 8 heteroatoms. The Kier molecular flexibility index (Phi) is 4.80. The molecule has 1 amide bonds. The van der Waals surface area contributed by atoms with Crippen LogP contribution in [0.2, 0.25) is 5.02 Å². The molecule has 1 saturated heterocycles. The molecule has 1 aromatic carbocycles. The van der Waals surface area contributed by atoms with Crippen molar-refractivity contribution in [2.45, 2.75) is 31.2 Å². The van der Waals surface area contributed by atoms with Crippen molar-refractivity contribution < 1.29 is 4.79 Å². The number of nitrogens with two attached hydrogens (primary N) is 1. The number of benzene rings is 1. The first kappa shape index (κ1) is 17.2. The summed E-state index contributed by atoms with van der Waals surface area (Å²) in [6.07, 6.45) is 2.98. The fraction of sp³-hybridized carbons (Fsp3) is 0.438. The summed E-state index contributed by atoms with van der Waals surface area (Å²) in [5.74, 6) is 1.28. The van der Waals surface area contributed by atoms with Gasteiger partial charge in [-0.05, 0) is 31.4 Å². The molecule has 2 fully saturated rings. The lowest BCUT2D eigenvalue weighted by Crippen LogP contribution is -2.32. The molecule has 0 radical (unpaired) electrons. The van der Waals surface area contributed by atoms with Gasteiger partial charge in [-0.3, -0.25) is 4.79 Å². The van der Waals surface area contributed by atoms with Gasteiger partial charge in [0.2, 0.25) is 5.82 Å². The summed E-state index contributed by atoms with van der Waals surface area (Å²) < 4.78 is 1.73. The van der Waals surface area contributed by atoms with Gasteiger partial charge in [-0.2, -0.15) is 0 Å². The maximum Gasteiger partial charge on any atom is 0.293 e. The van der Waals surface area contributed by atoms with Gasteiger partial charge in [0.25, 0.3) is 5.91 Å². The topological polar surface area (TPSA) is 77.0 Å². The smallest absolute Gasteiger partial charge is 0.293 e. The van der Waals surface area contributed by atoms with E-state index in [-0.39, 0.29) is 30.2 Å². The first-order valence-corrected chi connectivity index (χ1v) is 8.28. The predicted octanol–water partition coefficient (Wildman–Crippen LogP) is 2.39. The Balaban J connectivity index is 0.00000169. The van der Waals surface area contributed by atoms with Crippen LogP contribution in [-0.4, -0.2) is 44.7 Å². The molecular weight excluding hydrogens is 349 g/mol. The molecule has 1 aliphatic heterocycles. The van der Waals surface area contributed by atoms with Crippen molar-refractivity contribution >= 4 is 29.9 Å². The third-order valence-corrected chi connectivity index (χ3v) is 4.68. The number of carbonyl (C=O) groups is 1. The lowest BCUT2D eigenvalue weighted by atomic mass is 10.3. The summed E-state index contributed by atoms with van der Waals surface area (Å²) in [4.78, 5) is 18.9. The number of likely N-dealkylation sites (tertiary alicyclic amines) is 1. The molecule has 6 nitrogen and oxygen atoms in total. The molecule has 1 saturated carbocycles. The maximum absolute atomic E-state index is 12.6. The fourth-order valence-corrected chi connectivity index (χ4v) is 3.15. The number of carbonyl (C=O) groups excluding carboxylic acids is 1. The quantitative estimate of drug-likeness (QED) is 0.903. The molecule has 128 valence electrons. The normalized spacial score (nSPS) is 20.1. The van der Waals surface area contributed by atoms with Crippen LogP contribution >= 0.6 is 24.0 Å². The molecule has 4 rings (SSSR count). The molecular formula is C16H19Cl2N5O. The van der Waals surface area contributed by atoms with E-state index in [1.807, 2.05) is 24.3 Å². The average molecular weight is 368 g/mol. The number of para-hydroxylation sites is 1. The molecule has 24 heavy (non-hydrogen) atoms. The van der Waals surface area contributed by atoms with Gasteiger partial charge in [0.15, 0.2) is 0 Å². The second-order valence-electron chi connectivity index (χ2n) is 6.23. The highest BCUT2D eigenvalue weighted by Crippen LogP contribution is 2.40. The van der Waals surface area contributed by atoms with Crippen molar-refractivity contribution in [3.05, 3.63) is 40.9 Å². The van der Waals surface area contributed by atoms with Crippen LogP contribution in [-0.2, 0) is 0 Å². The maximum atomic E-state index is 12.6. The molecule has 2 heterocycles. The molecule has 0 bridgehead atoms. The highest BCUT2D eigenvalue weighted by atomic mass is 35.5. The summed E-state index contributed by atoms with van der Waals surface area (Å²) in [5.41, 5.74) is 6.65. The van der Waals surface area contributed by atoms with Crippen LogP contribution in [0.15, 0.2) is 24.3 Å². The van der Waals surface area contributed by atoms with E-state index in [2.05, 4.69) is 10.1 Å². The molecule has 0 unspecified atom stereocenters. The molecule has 2 aliphatic rings. The van der Waals surface area contributed by atoms with Gasteiger partial charge >= 0.3 is 0 Å². The number of hydrogen-bond donors (Lipinski definition) is 1. The summed E-state index contributed by atoms with van der Waals surface area (Å²) in [6.45, 7) is 1.23. The first-order valence-electron chi connectivity index (χ1n) is 7.90. The van der Waals surface area contributed by atoms with E-state index in [1.165, 1.54) is 0 Å². The van der Waals surface area contributed by atoms with E-state index in [1.54, 1.807) is 9.58 Å².